The van der Waals surface area contributed by atoms with Crippen molar-refractivity contribution in [3.63, 3.8) is 0 Å². The third-order valence-corrected chi connectivity index (χ3v) is 4.48. The van der Waals surface area contributed by atoms with Crippen LogP contribution in [0.3, 0.4) is 0 Å². The molecule has 1 unspecified atom stereocenters. The zero-order chi connectivity index (χ0) is 13.1. The van der Waals surface area contributed by atoms with Gasteiger partial charge in [0.05, 0.1) is 11.7 Å². The predicted octanol–water partition coefficient (Wildman–Crippen LogP) is 2.98. The molecule has 3 rings (SSSR count). The van der Waals surface area contributed by atoms with Gasteiger partial charge in [-0.15, -0.1) is 11.3 Å². The van der Waals surface area contributed by atoms with Crippen LogP contribution in [-0.2, 0) is 6.42 Å². The maximum atomic E-state index is 4.79. The van der Waals surface area contributed by atoms with Gasteiger partial charge in [0.25, 0.3) is 0 Å². The minimum Gasteiger partial charge on any atom is -0.309 e. The quantitative estimate of drug-likeness (QED) is 0.931. The van der Waals surface area contributed by atoms with Crippen molar-refractivity contribution in [2.75, 3.05) is 6.54 Å². The van der Waals surface area contributed by atoms with Crippen LogP contribution < -0.4 is 5.32 Å². The van der Waals surface area contributed by atoms with E-state index in [0.717, 1.165) is 30.2 Å². The molecule has 0 bridgehead atoms. The lowest BCUT2D eigenvalue weighted by Crippen LogP contribution is -2.25. The van der Waals surface area contributed by atoms with Gasteiger partial charge >= 0.3 is 0 Å². The summed E-state index contributed by atoms with van der Waals surface area (Å²) in [6.07, 6.45) is 8.28. The molecular formula is C14H18N4S. The van der Waals surface area contributed by atoms with Gasteiger partial charge in [-0.3, -0.25) is 0 Å². The van der Waals surface area contributed by atoms with E-state index in [-0.39, 0.29) is 0 Å². The first-order valence-corrected chi connectivity index (χ1v) is 7.70. The zero-order valence-electron chi connectivity index (χ0n) is 11.1. The topological polar surface area (TPSA) is 50.7 Å². The molecule has 0 aliphatic heterocycles. The largest absolute Gasteiger partial charge is 0.309 e. The van der Waals surface area contributed by atoms with E-state index in [1.54, 1.807) is 23.7 Å². The van der Waals surface area contributed by atoms with Crippen LogP contribution in [0.2, 0.25) is 0 Å². The Kier molecular flexibility index (Phi) is 3.84. The van der Waals surface area contributed by atoms with Crippen molar-refractivity contribution in [3.8, 4) is 10.8 Å². The van der Waals surface area contributed by atoms with Gasteiger partial charge in [0, 0.05) is 17.3 Å². The average molecular weight is 274 g/mol. The van der Waals surface area contributed by atoms with Gasteiger partial charge in [0.15, 0.2) is 10.8 Å². The summed E-state index contributed by atoms with van der Waals surface area (Å²) >= 11 is 1.75. The van der Waals surface area contributed by atoms with Crippen molar-refractivity contribution >= 4 is 11.3 Å². The third kappa shape index (κ3) is 2.67. The van der Waals surface area contributed by atoms with E-state index in [1.807, 2.05) is 6.07 Å². The summed E-state index contributed by atoms with van der Waals surface area (Å²) in [5.74, 6) is 0.746. The number of aryl methyl sites for hydroxylation is 1. The second-order valence-electron chi connectivity index (χ2n) is 4.80. The number of nitrogens with one attached hydrogen (secondary N) is 1. The number of nitrogens with zero attached hydrogens (tertiary/aromatic N) is 3. The standard InChI is InChI=1S/C14H18N4S/c1-2-7-15-10-5-3-6-11-12(10)18-14(19-11)13-16-8-4-9-17-13/h4,8-10,15H,2-3,5-7H2,1H3. The molecule has 0 aromatic carbocycles. The summed E-state index contributed by atoms with van der Waals surface area (Å²) in [5.41, 5.74) is 1.23. The van der Waals surface area contributed by atoms with Crippen LogP contribution >= 0.6 is 11.3 Å². The number of aromatic nitrogens is 3. The molecule has 0 saturated heterocycles. The first kappa shape index (κ1) is 12.7. The normalized spacial score (nSPS) is 18.3. The Morgan fingerprint density at radius 3 is 3.00 bits per heavy atom. The highest BCUT2D eigenvalue weighted by molar-refractivity contribution is 7.15. The third-order valence-electron chi connectivity index (χ3n) is 3.35. The molecule has 4 nitrogen and oxygen atoms in total. The van der Waals surface area contributed by atoms with Gasteiger partial charge in [-0.25, -0.2) is 15.0 Å². The van der Waals surface area contributed by atoms with Gasteiger partial charge in [-0.1, -0.05) is 6.92 Å². The minimum absolute atomic E-state index is 0.414. The van der Waals surface area contributed by atoms with Crippen molar-refractivity contribution in [2.45, 2.75) is 38.6 Å². The molecule has 0 radical (unpaired) electrons. The van der Waals surface area contributed by atoms with E-state index >= 15 is 0 Å². The fourth-order valence-electron chi connectivity index (χ4n) is 2.44. The molecule has 0 fully saturated rings. The minimum atomic E-state index is 0.414. The Hall–Kier alpha value is -1.33. The van der Waals surface area contributed by atoms with Crippen LogP contribution in [-0.4, -0.2) is 21.5 Å². The highest BCUT2D eigenvalue weighted by Crippen LogP contribution is 2.35. The van der Waals surface area contributed by atoms with Crippen molar-refractivity contribution < 1.29 is 0 Å². The monoisotopic (exact) mass is 274 g/mol. The summed E-state index contributed by atoms with van der Waals surface area (Å²) in [6.45, 7) is 3.25. The molecule has 100 valence electrons. The van der Waals surface area contributed by atoms with E-state index in [1.165, 1.54) is 23.4 Å². The average Bonchev–Trinajstić information content (AvgIpc) is 2.90. The van der Waals surface area contributed by atoms with Crippen LogP contribution in [0.5, 0.6) is 0 Å². The molecule has 19 heavy (non-hydrogen) atoms. The second-order valence-corrected chi connectivity index (χ2v) is 5.88. The molecule has 2 aromatic rings. The number of hydrogen-bond donors (Lipinski definition) is 1. The van der Waals surface area contributed by atoms with E-state index in [4.69, 9.17) is 4.98 Å². The Morgan fingerprint density at radius 2 is 2.21 bits per heavy atom. The molecule has 2 heterocycles. The van der Waals surface area contributed by atoms with Gasteiger partial charge in [-0.2, -0.15) is 0 Å². The Labute approximate surface area is 117 Å². The van der Waals surface area contributed by atoms with Crippen LogP contribution in [0.4, 0.5) is 0 Å². The zero-order valence-corrected chi connectivity index (χ0v) is 11.9. The molecule has 1 aliphatic carbocycles. The van der Waals surface area contributed by atoms with Crippen LogP contribution in [0.1, 0.15) is 42.8 Å². The fourth-order valence-corrected chi connectivity index (χ4v) is 3.55. The van der Waals surface area contributed by atoms with Crippen molar-refractivity contribution in [2.24, 2.45) is 0 Å². The van der Waals surface area contributed by atoms with E-state index in [9.17, 15) is 0 Å². The number of rotatable bonds is 4. The van der Waals surface area contributed by atoms with Crippen LogP contribution in [0.25, 0.3) is 10.8 Å². The molecule has 0 amide bonds. The molecule has 2 aromatic heterocycles. The summed E-state index contributed by atoms with van der Waals surface area (Å²) in [5, 5.41) is 4.55. The highest BCUT2D eigenvalue weighted by atomic mass is 32.1. The van der Waals surface area contributed by atoms with Gasteiger partial charge < -0.3 is 5.32 Å². The smallest absolute Gasteiger partial charge is 0.188 e. The Balaban J connectivity index is 1.89. The maximum Gasteiger partial charge on any atom is 0.188 e. The lowest BCUT2D eigenvalue weighted by atomic mass is 9.97. The van der Waals surface area contributed by atoms with Gasteiger partial charge in [0.2, 0.25) is 0 Å². The van der Waals surface area contributed by atoms with Crippen LogP contribution in [0.15, 0.2) is 18.5 Å². The second kappa shape index (κ2) is 5.75. The van der Waals surface area contributed by atoms with Gasteiger partial charge in [0.1, 0.15) is 0 Å². The van der Waals surface area contributed by atoms with Gasteiger partial charge in [-0.05, 0) is 38.3 Å². The van der Waals surface area contributed by atoms with Crippen LogP contribution in [0, 0.1) is 0 Å². The molecule has 1 N–H and O–H groups in total. The number of thiazole rings is 1. The number of fused-ring (bicyclic) bond motifs is 1. The molecule has 1 atom stereocenters. The Morgan fingerprint density at radius 1 is 1.37 bits per heavy atom. The van der Waals surface area contributed by atoms with Crippen molar-refractivity contribution in [1.29, 1.82) is 0 Å². The lowest BCUT2D eigenvalue weighted by molar-refractivity contribution is 0.454. The first-order chi connectivity index (χ1) is 9.38. The lowest BCUT2D eigenvalue weighted by Gasteiger charge is -2.21. The SMILES string of the molecule is CCCNC1CCCc2sc(-c3ncccn3)nc21. The maximum absolute atomic E-state index is 4.79. The van der Waals surface area contributed by atoms with E-state index in [2.05, 4.69) is 22.2 Å². The summed E-state index contributed by atoms with van der Waals surface area (Å²) in [7, 11) is 0. The molecular weight excluding hydrogens is 256 g/mol. The first-order valence-electron chi connectivity index (χ1n) is 6.89. The summed E-state index contributed by atoms with van der Waals surface area (Å²) < 4.78 is 0. The summed E-state index contributed by atoms with van der Waals surface area (Å²) in [6, 6.07) is 2.25. The molecule has 0 saturated carbocycles. The highest BCUT2D eigenvalue weighted by Gasteiger charge is 2.25. The number of hydrogen-bond acceptors (Lipinski definition) is 5. The molecule has 5 heteroatoms. The molecule has 1 aliphatic rings. The summed E-state index contributed by atoms with van der Waals surface area (Å²) in [4.78, 5) is 14.8. The Bertz CT molecular complexity index is 538. The fraction of sp³-hybridized carbons (Fsp3) is 0.500. The van der Waals surface area contributed by atoms with E-state index < -0.39 is 0 Å². The predicted molar refractivity (Wildman–Crippen MR) is 77.1 cm³/mol. The van der Waals surface area contributed by atoms with Crippen molar-refractivity contribution in [1.82, 2.24) is 20.3 Å². The van der Waals surface area contributed by atoms with E-state index in [0.29, 0.717) is 6.04 Å². The molecule has 0 spiro atoms. The van der Waals surface area contributed by atoms with Crippen molar-refractivity contribution in [3.05, 3.63) is 29.0 Å².